The fourth-order valence-electron chi connectivity index (χ4n) is 1.99. The van der Waals surface area contributed by atoms with Gasteiger partial charge in [-0.05, 0) is 25.0 Å². The third kappa shape index (κ3) is 3.67. The fourth-order valence-corrected chi connectivity index (χ4v) is 1.99. The van der Waals surface area contributed by atoms with E-state index in [4.69, 9.17) is 9.84 Å². The standard InChI is InChI=1S/C13H18N2O5/c1-3-9-10(13(16)17)5-6-11(12(9)15(18)19)14-7-4-8-20-2/h5-6,14H,3-4,7-8H2,1-2H3,(H,16,17). The van der Waals surface area contributed by atoms with Gasteiger partial charge in [0.1, 0.15) is 5.69 Å². The number of ether oxygens (including phenoxy) is 1. The Morgan fingerprint density at radius 2 is 2.20 bits per heavy atom. The molecule has 0 aliphatic rings. The van der Waals surface area contributed by atoms with E-state index in [0.717, 1.165) is 0 Å². The van der Waals surface area contributed by atoms with Crippen molar-refractivity contribution in [3.63, 3.8) is 0 Å². The lowest BCUT2D eigenvalue weighted by Crippen LogP contribution is -2.11. The molecule has 1 rings (SSSR count). The van der Waals surface area contributed by atoms with Crippen LogP contribution in [0.2, 0.25) is 0 Å². The molecule has 0 saturated carbocycles. The first-order valence-electron chi connectivity index (χ1n) is 6.29. The summed E-state index contributed by atoms with van der Waals surface area (Å²) in [7, 11) is 1.58. The summed E-state index contributed by atoms with van der Waals surface area (Å²) in [5.74, 6) is -1.16. The number of anilines is 1. The Morgan fingerprint density at radius 3 is 2.70 bits per heavy atom. The third-order valence-corrected chi connectivity index (χ3v) is 2.89. The number of nitrogens with one attached hydrogen (secondary N) is 1. The molecule has 0 bridgehead atoms. The molecule has 0 spiro atoms. The number of methoxy groups -OCH3 is 1. The van der Waals surface area contributed by atoms with E-state index in [9.17, 15) is 14.9 Å². The monoisotopic (exact) mass is 282 g/mol. The molecule has 0 unspecified atom stereocenters. The summed E-state index contributed by atoms with van der Waals surface area (Å²) >= 11 is 0. The lowest BCUT2D eigenvalue weighted by atomic mass is 10.0. The average Bonchev–Trinajstić information content (AvgIpc) is 2.42. The van der Waals surface area contributed by atoms with Crippen LogP contribution in [-0.4, -0.2) is 36.3 Å². The van der Waals surface area contributed by atoms with E-state index in [-0.39, 0.29) is 23.2 Å². The molecule has 0 saturated heterocycles. The van der Waals surface area contributed by atoms with Crippen LogP contribution in [0.5, 0.6) is 0 Å². The summed E-state index contributed by atoms with van der Waals surface area (Å²) in [6.45, 7) is 2.77. The van der Waals surface area contributed by atoms with Crippen molar-refractivity contribution in [3.8, 4) is 0 Å². The average molecular weight is 282 g/mol. The van der Waals surface area contributed by atoms with Crippen molar-refractivity contribution in [1.82, 2.24) is 0 Å². The molecule has 7 nitrogen and oxygen atoms in total. The van der Waals surface area contributed by atoms with Crippen LogP contribution < -0.4 is 5.32 Å². The van der Waals surface area contributed by atoms with E-state index in [2.05, 4.69) is 5.32 Å². The second kappa shape index (κ2) is 7.44. The van der Waals surface area contributed by atoms with Gasteiger partial charge in [-0.2, -0.15) is 0 Å². The van der Waals surface area contributed by atoms with Gasteiger partial charge in [0.05, 0.1) is 10.5 Å². The molecule has 110 valence electrons. The van der Waals surface area contributed by atoms with Crippen LogP contribution in [0, 0.1) is 10.1 Å². The molecule has 0 amide bonds. The highest BCUT2D eigenvalue weighted by Gasteiger charge is 2.24. The Bertz CT molecular complexity index is 502. The fraction of sp³-hybridized carbons (Fsp3) is 0.462. The minimum atomic E-state index is -1.16. The van der Waals surface area contributed by atoms with Gasteiger partial charge in [-0.1, -0.05) is 6.92 Å². The van der Waals surface area contributed by atoms with E-state index < -0.39 is 10.9 Å². The molecule has 0 fully saturated rings. The summed E-state index contributed by atoms with van der Waals surface area (Å²) in [4.78, 5) is 21.8. The van der Waals surface area contributed by atoms with E-state index >= 15 is 0 Å². The van der Waals surface area contributed by atoms with Crippen molar-refractivity contribution in [1.29, 1.82) is 0 Å². The highest BCUT2D eigenvalue weighted by molar-refractivity contribution is 5.92. The van der Waals surface area contributed by atoms with Crippen molar-refractivity contribution in [2.75, 3.05) is 25.6 Å². The zero-order chi connectivity index (χ0) is 15.1. The third-order valence-electron chi connectivity index (χ3n) is 2.89. The largest absolute Gasteiger partial charge is 0.478 e. The highest BCUT2D eigenvalue weighted by Crippen LogP contribution is 2.32. The number of aromatic carboxylic acids is 1. The van der Waals surface area contributed by atoms with Crippen molar-refractivity contribution >= 4 is 17.3 Å². The van der Waals surface area contributed by atoms with Crippen molar-refractivity contribution in [2.45, 2.75) is 19.8 Å². The van der Waals surface area contributed by atoms with Gasteiger partial charge < -0.3 is 15.2 Å². The van der Waals surface area contributed by atoms with E-state index in [1.165, 1.54) is 12.1 Å². The number of carbonyl (C=O) groups is 1. The molecule has 1 aromatic rings. The van der Waals surface area contributed by atoms with Crippen LogP contribution in [0.15, 0.2) is 12.1 Å². The predicted octanol–water partition coefficient (Wildman–Crippen LogP) is 2.30. The van der Waals surface area contributed by atoms with Crippen LogP contribution in [0.1, 0.15) is 29.3 Å². The molecule has 0 aliphatic heterocycles. The lowest BCUT2D eigenvalue weighted by molar-refractivity contribution is -0.384. The number of carboxylic acids is 1. The van der Waals surface area contributed by atoms with Crippen LogP contribution in [-0.2, 0) is 11.2 Å². The smallest absolute Gasteiger partial charge is 0.336 e. The van der Waals surface area contributed by atoms with Gasteiger partial charge in [0, 0.05) is 25.8 Å². The number of hydrogen-bond acceptors (Lipinski definition) is 5. The Hall–Kier alpha value is -2.15. The molecular formula is C13H18N2O5. The topological polar surface area (TPSA) is 102 Å². The van der Waals surface area contributed by atoms with E-state index in [1.54, 1.807) is 14.0 Å². The molecule has 7 heteroatoms. The van der Waals surface area contributed by atoms with Crippen LogP contribution in [0.25, 0.3) is 0 Å². The quantitative estimate of drug-likeness (QED) is 0.431. The molecule has 20 heavy (non-hydrogen) atoms. The maximum atomic E-state index is 11.2. The number of nitro groups is 1. The second-order valence-electron chi connectivity index (χ2n) is 4.18. The van der Waals surface area contributed by atoms with Crippen LogP contribution in [0.4, 0.5) is 11.4 Å². The number of nitro benzene ring substituents is 1. The van der Waals surface area contributed by atoms with Gasteiger partial charge in [-0.15, -0.1) is 0 Å². The Labute approximate surface area is 116 Å². The number of carboxylic acid groups (broad SMARTS) is 1. The molecular weight excluding hydrogens is 264 g/mol. The van der Waals surface area contributed by atoms with E-state index in [1.807, 2.05) is 0 Å². The predicted molar refractivity (Wildman–Crippen MR) is 74.4 cm³/mol. The first-order valence-corrected chi connectivity index (χ1v) is 6.29. The maximum Gasteiger partial charge on any atom is 0.336 e. The molecule has 0 aromatic heterocycles. The van der Waals surface area contributed by atoms with Gasteiger partial charge >= 0.3 is 5.97 Å². The zero-order valence-corrected chi connectivity index (χ0v) is 11.5. The Kier molecular flexibility index (Phi) is 5.92. The van der Waals surface area contributed by atoms with Crippen LogP contribution >= 0.6 is 0 Å². The number of rotatable bonds is 8. The molecule has 1 aromatic carbocycles. The number of benzene rings is 1. The highest BCUT2D eigenvalue weighted by atomic mass is 16.6. The minimum Gasteiger partial charge on any atom is -0.478 e. The number of hydrogen-bond donors (Lipinski definition) is 2. The van der Waals surface area contributed by atoms with Crippen LogP contribution in [0.3, 0.4) is 0 Å². The molecule has 0 radical (unpaired) electrons. The Morgan fingerprint density at radius 1 is 1.50 bits per heavy atom. The summed E-state index contributed by atoms with van der Waals surface area (Å²) < 4.78 is 4.90. The summed E-state index contributed by atoms with van der Waals surface area (Å²) in [5.41, 5.74) is 0.388. The SMILES string of the molecule is CCc1c(C(=O)O)ccc(NCCCOC)c1[N+](=O)[O-]. The molecule has 0 atom stereocenters. The van der Waals surface area contributed by atoms with Crippen molar-refractivity contribution in [3.05, 3.63) is 33.4 Å². The minimum absolute atomic E-state index is 0.0263. The normalized spacial score (nSPS) is 10.3. The van der Waals surface area contributed by atoms with Gasteiger partial charge in [-0.25, -0.2) is 4.79 Å². The van der Waals surface area contributed by atoms with Gasteiger partial charge in [-0.3, -0.25) is 10.1 Å². The first-order chi connectivity index (χ1) is 9.52. The summed E-state index contributed by atoms with van der Waals surface area (Å²) in [6.07, 6.45) is 0.987. The molecule has 2 N–H and O–H groups in total. The molecule has 0 aliphatic carbocycles. The number of nitrogens with zero attached hydrogens (tertiary/aromatic N) is 1. The van der Waals surface area contributed by atoms with Crippen molar-refractivity contribution < 1.29 is 19.6 Å². The summed E-state index contributed by atoms with van der Waals surface area (Å²) in [5, 5.41) is 23.2. The summed E-state index contributed by atoms with van der Waals surface area (Å²) in [6, 6.07) is 2.83. The van der Waals surface area contributed by atoms with E-state index in [0.29, 0.717) is 25.3 Å². The van der Waals surface area contributed by atoms with Gasteiger partial charge in [0.2, 0.25) is 0 Å². The first kappa shape index (κ1) is 15.9. The second-order valence-corrected chi connectivity index (χ2v) is 4.18. The van der Waals surface area contributed by atoms with Crippen molar-refractivity contribution in [2.24, 2.45) is 0 Å². The lowest BCUT2D eigenvalue weighted by Gasteiger charge is -2.11. The zero-order valence-electron chi connectivity index (χ0n) is 11.5. The maximum absolute atomic E-state index is 11.2. The van der Waals surface area contributed by atoms with Gasteiger partial charge in [0.15, 0.2) is 0 Å². The molecule has 0 heterocycles. The van der Waals surface area contributed by atoms with Gasteiger partial charge in [0.25, 0.3) is 5.69 Å². The Balaban J connectivity index is 3.12.